The van der Waals surface area contributed by atoms with Gasteiger partial charge in [0.05, 0.1) is 16.7 Å². The van der Waals surface area contributed by atoms with Gasteiger partial charge >= 0.3 is 0 Å². The number of fused-ring (bicyclic) bond motifs is 7. The fourth-order valence-electron chi connectivity index (χ4n) is 8.45. The van der Waals surface area contributed by atoms with Crippen LogP contribution in [0.5, 0.6) is 0 Å². The highest BCUT2D eigenvalue weighted by Gasteiger charge is 2.19. The fraction of sp³-hybridized carbons (Fsp3) is 0. The van der Waals surface area contributed by atoms with Crippen LogP contribution in [0.15, 0.2) is 206 Å². The summed E-state index contributed by atoms with van der Waals surface area (Å²) < 4.78 is 5.01. The molecule has 0 amide bonds. The van der Waals surface area contributed by atoms with Gasteiger partial charge in [0.2, 0.25) is 0 Å². The lowest BCUT2D eigenvalue weighted by atomic mass is 9.97. The quantitative estimate of drug-likeness (QED) is 0.166. The van der Waals surface area contributed by atoms with Gasteiger partial charge in [0.25, 0.3) is 0 Å². The average molecular weight is 719 g/mol. The van der Waals surface area contributed by atoms with Gasteiger partial charge < -0.3 is 9.47 Å². The van der Waals surface area contributed by atoms with Crippen LogP contribution in [-0.4, -0.2) is 4.57 Å². The topological polar surface area (TPSA) is 8.17 Å². The van der Waals surface area contributed by atoms with Gasteiger partial charge in [-0.05, 0) is 100 Å². The van der Waals surface area contributed by atoms with E-state index in [0.29, 0.717) is 0 Å². The van der Waals surface area contributed by atoms with Crippen molar-refractivity contribution in [1.82, 2.24) is 4.57 Å². The van der Waals surface area contributed by atoms with Crippen molar-refractivity contribution in [2.24, 2.45) is 0 Å². The third-order valence-electron chi connectivity index (χ3n) is 11.0. The van der Waals surface area contributed by atoms with Crippen LogP contribution in [0, 0.1) is 0 Å². The summed E-state index contributed by atoms with van der Waals surface area (Å²) >= 11 is 1.86. The van der Waals surface area contributed by atoms with Crippen molar-refractivity contribution >= 4 is 81.1 Å². The van der Waals surface area contributed by atoms with Crippen LogP contribution in [0.2, 0.25) is 0 Å². The van der Waals surface area contributed by atoms with Gasteiger partial charge in [0, 0.05) is 53.6 Å². The molecule has 11 rings (SSSR count). The summed E-state index contributed by atoms with van der Waals surface area (Å²) in [5.74, 6) is 0. The van der Waals surface area contributed by atoms with Crippen LogP contribution in [-0.2, 0) is 0 Å². The monoisotopic (exact) mass is 718 g/mol. The zero-order valence-corrected chi connectivity index (χ0v) is 30.7. The number of hydrogen-bond acceptors (Lipinski definition) is 2. The average Bonchev–Trinajstić information content (AvgIpc) is 3.80. The zero-order chi connectivity index (χ0) is 36.3. The molecule has 0 saturated heterocycles. The summed E-state index contributed by atoms with van der Waals surface area (Å²) in [4.78, 5) is 2.41. The number of rotatable bonds is 6. The summed E-state index contributed by atoms with van der Waals surface area (Å²) in [7, 11) is 0. The van der Waals surface area contributed by atoms with E-state index in [0.717, 1.165) is 22.7 Å². The predicted molar refractivity (Wildman–Crippen MR) is 237 cm³/mol. The summed E-state index contributed by atoms with van der Waals surface area (Å²) in [6.07, 6.45) is 0. The molecular formula is C52H34N2S. The molecule has 55 heavy (non-hydrogen) atoms. The summed E-state index contributed by atoms with van der Waals surface area (Å²) in [6, 6.07) is 75.2. The lowest BCUT2D eigenvalue weighted by Crippen LogP contribution is -2.11. The lowest BCUT2D eigenvalue weighted by Gasteiger charge is -2.28. The van der Waals surface area contributed by atoms with Crippen molar-refractivity contribution in [3.05, 3.63) is 206 Å². The fourth-order valence-corrected chi connectivity index (χ4v) is 9.54. The Kier molecular flexibility index (Phi) is 7.39. The molecule has 2 nitrogen and oxygen atoms in total. The maximum atomic E-state index is 2.41. The number of thiophene rings is 1. The van der Waals surface area contributed by atoms with Gasteiger partial charge in [-0.1, -0.05) is 133 Å². The Hall–Kier alpha value is -6.94. The maximum Gasteiger partial charge on any atom is 0.0541 e. The third kappa shape index (κ3) is 5.24. The molecule has 2 heterocycles. The first-order chi connectivity index (χ1) is 27.3. The summed E-state index contributed by atoms with van der Waals surface area (Å²) in [5, 5.41) is 7.65. The minimum absolute atomic E-state index is 1.09. The van der Waals surface area contributed by atoms with E-state index in [1.807, 2.05) is 11.3 Å². The molecule has 2 aromatic heterocycles. The normalized spacial score (nSPS) is 11.6. The van der Waals surface area contributed by atoms with E-state index < -0.39 is 0 Å². The number of nitrogens with zero attached hydrogens (tertiary/aromatic N) is 2. The number of anilines is 3. The molecule has 9 aromatic carbocycles. The standard InChI is InChI=1S/C52H34N2S/c1-2-14-41-35(12-1)13-11-19-42(41)36-24-27-38(28-25-36)53(39-29-31-40(32-30-39)54-49-21-8-4-16-44(49)45-17-5-9-22-50(45)54)48-20-7-3-15-43(48)37-26-33-52-47(34-37)46-18-6-10-23-51(46)55-52/h1-34H. The number of hydrogen-bond donors (Lipinski definition) is 0. The molecule has 0 aliphatic carbocycles. The summed E-state index contributed by atoms with van der Waals surface area (Å²) in [5.41, 5.74) is 11.7. The van der Waals surface area contributed by atoms with Crippen LogP contribution in [0.25, 0.3) is 80.7 Å². The maximum absolute atomic E-state index is 2.41. The first kappa shape index (κ1) is 31.6. The van der Waals surface area contributed by atoms with Gasteiger partial charge in [-0.15, -0.1) is 11.3 Å². The number of para-hydroxylation sites is 3. The Morgan fingerprint density at radius 3 is 1.67 bits per heavy atom. The van der Waals surface area contributed by atoms with Crippen LogP contribution in [0.1, 0.15) is 0 Å². The van der Waals surface area contributed by atoms with Gasteiger partial charge in [-0.25, -0.2) is 0 Å². The molecule has 0 fully saturated rings. The smallest absolute Gasteiger partial charge is 0.0541 e. The van der Waals surface area contributed by atoms with Crippen LogP contribution in [0.3, 0.4) is 0 Å². The molecule has 0 unspecified atom stereocenters. The first-order valence-electron chi connectivity index (χ1n) is 18.8. The van der Waals surface area contributed by atoms with E-state index in [4.69, 9.17) is 0 Å². The second-order valence-electron chi connectivity index (χ2n) is 14.1. The lowest BCUT2D eigenvalue weighted by molar-refractivity contribution is 1.17. The van der Waals surface area contributed by atoms with E-state index in [9.17, 15) is 0 Å². The van der Waals surface area contributed by atoms with E-state index in [1.54, 1.807) is 0 Å². The zero-order valence-electron chi connectivity index (χ0n) is 29.9. The molecule has 258 valence electrons. The van der Waals surface area contributed by atoms with Gasteiger partial charge in [-0.3, -0.25) is 0 Å². The van der Waals surface area contributed by atoms with Gasteiger partial charge in [0.15, 0.2) is 0 Å². The van der Waals surface area contributed by atoms with Crippen molar-refractivity contribution in [3.8, 4) is 27.9 Å². The predicted octanol–water partition coefficient (Wildman–Crippen LogP) is 15.1. The third-order valence-corrected chi connectivity index (χ3v) is 12.2. The Morgan fingerprint density at radius 1 is 0.364 bits per heavy atom. The number of benzene rings is 9. The molecule has 0 bridgehead atoms. The highest BCUT2D eigenvalue weighted by molar-refractivity contribution is 7.25. The molecule has 11 aromatic rings. The summed E-state index contributed by atoms with van der Waals surface area (Å²) in [6.45, 7) is 0. The van der Waals surface area contributed by atoms with Crippen molar-refractivity contribution in [3.63, 3.8) is 0 Å². The molecule has 0 atom stereocenters. The first-order valence-corrected chi connectivity index (χ1v) is 19.6. The molecule has 0 aliphatic heterocycles. The van der Waals surface area contributed by atoms with Crippen molar-refractivity contribution in [2.45, 2.75) is 0 Å². The highest BCUT2D eigenvalue weighted by Crippen LogP contribution is 2.44. The van der Waals surface area contributed by atoms with E-state index >= 15 is 0 Å². The minimum Gasteiger partial charge on any atom is -0.310 e. The molecule has 0 radical (unpaired) electrons. The van der Waals surface area contributed by atoms with Gasteiger partial charge in [0.1, 0.15) is 0 Å². The largest absolute Gasteiger partial charge is 0.310 e. The van der Waals surface area contributed by atoms with Gasteiger partial charge in [-0.2, -0.15) is 0 Å². The van der Waals surface area contributed by atoms with E-state index in [2.05, 4.69) is 216 Å². The molecule has 0 N–H and O–H groups in total. The highest BCUT2D eigenvalue weighted by atomic mass is 32.1. The van der Waals surface area contributed by atoms with Crippen molar-refractivity contribution < 1.29 is 0 Å². The number of aromatic nitrogens is 1. The van der Waals surface area contributed by atoms with Crippen molar-refractivity contribution in [1.29, 1.82) is 0 Å². The molecular weight excluding hydrogens is 685 g/mol. The second kappa shape index (κ2) is 12.9. The molecule has 0 aliphatic rings. The Balaban J connectivity index is 1.08. The van der Waals surface area contributed by atoms with E-state index in [1.165, 1.54) is 75.0 Å². The Morgan fingerprint density at radius 2 is 0.909 bits per heavy atom. The Labute approximate surface area is 323 Å². The SMILES string of the molecule is c1ccc(N(c2ccc(-c3cccc4ccccc34)cc2)c2ccc(-n3c4ccccc4c4ccccc43)cc2)c(-c2ccc3sc4ccccc4c3c2)c1. The second-order valence-corrected chi connectivity index (χ2v) is 15.2. The molecule has 0 saturated carbocycles. The van der Waals surface area contributed by atoms with Crippen molar-refractivity contribution in [2.75, 3.05) is 4.90 Å². The van der Waals surface area contributed by atoms with Crippen LogP contribution in [0.4, 0.5) is 17.1 Å². The van der Waals surface area contributed by atoms with Crippen LogP contribution >= 0.6 is 11.3 Å². The van der Waals surface area contributed by atoms with Crippen LogP contribution < -0.4 is 4.90 Å². The molecule has 3 heteroatoms. The molecule has 0 spiro atoms. The minimum atomic E-state index is 1.09. The van der Waals surface area contributed by atoms with E-state index in [-0.39, 0.29) is 0 Å². The Bertz CT molecular complexity index is 3150.